The zero-order valence-corrected chi connectivity index (χ0v) is 16.2. The van der Waals surface area contributed by atoms with Crippen molar-refractivity contribution in [3.63, 3.8) is 0 Å². The lowest BCUT2D eigenvalue weighted by atomic mass is 9.72. The van der Waals surface area contributed by atoms with E-state index in [0.29, 0.717) is 13.1 Å². The lowest BCUT2D eigenvalue weighted by Gasteiger charge is -2.34. The third kappa shape index (κ3) is 4.77. The molecule has 0 aromatic carbocycles. The molecular formula is C17H23N5O3S. The lowest BCUT2D eigenvalue weighted by Crippen LogP contribution is -2.45. The highest BCUT2D eigenvalue weighted by Crippen LogP contribution is 2.41. The number of carbonyl (C=O) groups excluding carboxylic acids is 3. The van der Waals surface area contributed by atoms with Crippen LogP contribution in [0.5, 0.6) is 0 Å². The van der Waals surface area contributed by atoms with E-state index in [-0.39, 0.29) is 34.7 Å². The first-order chi connectivity index (χ1) is 12.2. The quantitative estimate of drug-likeness (QED) is 0.674. The molecule has 0 saturated heterocycles. The summed E-state index contributed by atoms with van der Waals surface area (Å²) < 4.78 is 0. The molecule has 1 atom stereocenters. The van der Waals surface area contributed by atoms with Gasteiger partial charge in [-0.25, -0.2) is 0 Å². The number of rotatable bonds is 7. The number of hydrogen-bond acceptors (Lipinski definition) is 6. The van der Waals surface area contributed by atoms with Gasteiger partial charge in [0.15, 0.2) is 0 Å². The molecule has 0 saturated carbocycles. The number of nitriles is 2. The Balaban J connectivity index is 2.90. The largest absolute Gasteiger partial charge is 0.355 e. The molecule has 0 aromatic heterocycles. The van der Waals surface area contributed by atoms with E-state index in [1.807, 2.05) is 12.1 Å². The first kappa shape index (κ1) is 21.5. The number of carbonyl (C=O) groups is 3. The summed E-state index contributed by atoms with van der Waals surface area (Å²) in [5.41, 5.74) is -0.670. The normalized spacial score (nSPS) is 18.4. The van der Waals surface area contributed by atoms with Crippen LogP contribution in [0.1, 0.15) is 27.7 Å². The SMILES string of the molecule is CCNC(=O)CN(CC)C(=O)CSC1=C(C#N)C(C)(C)[C@H](C#N)C(=O)N1. The van der Waals surface area contributed by atoms with Gasteiger partial charge in [0, 0.05) is 18.5 Å². The van der Waals surface area contributed by atoms with Crippen molar-refractivity contribution in [3.05, 3.63) is 10.6 Å². The summed E-state index contributed by atoms with van der Waals surface area (Å²) in [5.74, 6) is -2.00. The minimum atomic E-state index is -0.970. The minimum Gasteiger partial charge on any atom is -0.355 e. The lowest BCUT2D eigenvalue weighted by molar-refractivity contribution is -0.133. The van der Waals surface area contributed by atoms with Crippen LogP contribution in [0.4, 0.5) is 0 Å². The number of nitrogens with one attached hydrogen (secondary N) is 2. The Bertz CT molecular complexity index is 702. The van der Waals surface area contributed by atoms with Gasteiger partial charge < -0.3 is 15.5 Å². The molecule has 1 aliphatic rings. The van der Waals surface area contributed by atoms with Crippen molar-refractivity contribution in [2.75, 3.05) is 25.4 Å². The summed E-state index contributed by atoms with van der Waals surface area (Å²) in [6.07, 6.45) is 0. The Morgan fingerprint density at radius 1 is 1.35 bits per heavy atom. The molecule has 1 rings (SSSR count). The molecule has 1 heterocycles. The maximum absolute atomic E-state index is 12.4. The summed E-state index contributed by atoms with van der Waals surface area (Å²) in [6, 6.07) is 3.98. The van der Waals surface area contributed by atoms with Crippen LogP contribution < -0.4 is 10.6 Å². The predicted octanol–water partition coefficient (Wildman–Crippen LogP) is 0.735. The van der Waals surface area contributed by atoms with E-state index < -0.39 is 17.2 Å². The predicted molar refractivity (Wildman–Crippen MR) is 97.1 cm³/mol. The van der Waals surface area contributed by atoms with Crippen LogP contribution in [0.2, 0.25) is 0 Å². The van der Waals surface area contributed by atoms with Crippen molar-refractivity contribution in [2.45, 2.75) is 27.7 Å². The van der Waals surface area contributed by atoms with Crippen molar-refractivity contribution < 1.29 is 14.4 Å². The smallest absolute Gasteiger partial charge is 0.243 e. The number of likely N-dealkylation sites (N-methyl/N-ethyl adjacent to an activating group) is 2. The molecule has 0 radical (unpaired) electrons. The molecule has 26 heavy (non-hydrogen) atoms. The maximum Gasteiger partial charge on any atom is 0.243 e. The van der Waals surface area contributed by atoms with Crippen LogP contribution in [0.15, 0.2) is 10.6 Å². The van der Waals surface area contributed by atoms with Crippen LogP contribution in [0.25, 0.3) is 0 Å². The van der Waals surface area contributed by atoms with Gasteiger partial charge in [0.2, 0.25) is 17.7 Å². The highest BCUT2D eigenvalue weighted by atomic mass is 32.2. The fraction of sp³-hybridized carbons (Fsp3) is 0.588. The molecule has 2 N–H and O–H groups in total. The summed E-state index contributed by atoms with van der Waals surface area (Å²) in [4.78, 5) is 37.6. The molecule has 0 unspecified atom stereocenters. The molecule has 3 amide bonds. The molecule has 0 fully saturated rings. The second kappa shape index (κ2) is 9.25. The molecule has 140 valence electrons. The molecule has 0 aromatic rings. The van der Waals surface area contributed by atoms with Gasteiger partial charge in [-0.3, -0.25) is 14.4 Å². The highest BCUT2D eigenvalue weighted by Gasteiger charge is 2.44. The number of allylic oxidation sites excluding steroid dienone is 1. The van der Waals surface area contributed by atoms with Gasteiger partial charge in [-0.1, -0.05) is 25.6 Å². The van der Waals surface area contributed by atoms with E-state index >= 15 is 0 Å². The van der Waals surface area contributed by atoms with E-state index in [4.69, 9.17) is 0 Å². The van der Waals surface area contributed by atoms with Crippen molar-refractivity contribution in [3.8, 4) is 12.1 Å². The molecule has 9 heteroatoms. The first-order valence-electron chi connectivity index (χ1n) is 8.25. The number of nitrogens with zero attached hydrogens (tertiary/aromatic N) is 3. The minimum absolute atomic E-state index is 0.0264. The molecule has 0 aliphatic carbocycles. The van der Waals surface area contributed by atoms with E-state index in [1.165, 1.54) is 4.90 Å². The van der Waals surface area contributed by atoms with Crippen molar-refractivity contribution >= 4 is 29.5 Å². The van der Waals surface area contributed by atoms with Gasteiger partial charge in [0.25, 0.3) is 0 Å². The van der Waals surface area contributed by atoms with Crippen molar-refractivity contribution in [1.82, 2.24) is 15.5 Å². The fourth-order valence-corrected chi connectivity index (χ4v) is 3.64. The molecule has 0 spiro atoms. The van der Waals surface area contributed by atoms with E-state index in [2.05, 4.69) is 10.6 Å². The summed E-state index contributed by atoms with van der Waals surface area (Å²) in [5, 5.41) is 24.1. The Hall–Kier alpha value is -2.52. The Labute approximate surface area is 157 Å². The van der Waals surface area contributed by atoms with Crippen LogP contribution in [-0.4, -0.2) is 48.0 Å². The second-order valence-corrected chi connectivity index (χ2v) is 7.22. The summed E-state index contributed by atoms with van der Waals surface area (Å²) >= 11 is 1.03. The third-order valence-electron chi connectivity index (χ3n) is 4.12. The molecular weight excluding hydrogens is 354 g/mol. The van der Waals surface area contributed by atoms with Gasteiger partial charge >= 0.3 is 0 Å². The third-order valence-corrected chi connectivity index (χ3v) is 5.10. The van der Waals surface area contributed by atoms with Crippen LogP contribution >= 0.6 is 11.8 Å². The average Bonchev–Trinajstić information content (AvgIpc) is 2.57. The maximum atomic E-state index is 12.4. The summed E-state index contributed by atoms with van der Waals surface area (Å²) in [7, 11) is 0. The van der Waals surface area contributed by atoms with Gasteiger partial charge in [-0.05, 0) is 13.8 Å². The van der Waals surface area contributed by atoms with Crippen molar-refractivity contribution in [1.29, 1.82) is 10.5 Å². The van der Waals surface area contributed by atoms with E-state index in [0.717, 1.165) is 11.8 Å². The Morgan fingerprint density at radius 2 is 2.00 bits per heavy atom. The highest BCUT2D eigenvalue weighted by molar-refractivity contribution is 8.03. The average molecular weight is 377 g/mol. The zero-order chi connectivity index (χ0) is 19.9. The monoisotopic (exact) mass is 377 g/mol. The Morgan fingerprint density at radius 3 is 2.50 bits per heavy atom. The van der Waals surface area contributed by atoms with Gasteiger partial charge in [0.05, 0.1) is 35.0 Å². The number of thioether (sulfide) groups is 1. The van der Waals surface area contributed by atoms with Crippen LogP contribution in [0, 0.1) is 34.0 Å². The van der Waals surface area contributed by atoms with Crippen LogP contribution in [0.3, 0.4) is 0 Å². The molecule has 0 bridgehead atoms. The standard InChI is InChI=1S/C17H23N5O3S/c1-5-20-13(23)9-22(6-2)14(24)10-26-16-12(8-19)17(3,4)11(7-18)15(25)21-16/h11H,5-6,9-10H2,1-4H3,(H,20,23)(H,21,25)/t11-/m1/s1. The van der Waals surface area contributed by atoms with Gasteiger partial charge in [-0.15, -0.1) is 0 Å². The van der Waals surface area contributed by atoms with Gasteiger partial charge in [-0.2, -0.15) is 10.5 Å². The fourth-order valence-electron chi connectivity index (χ4n) is 2.56. The van der Waals surface area contributed by atoms with Crippen LogP contribution in [-0.2, 0) is 14.4 Å². The zero-order valence-electron chi connectivity index (χ0n) is 15.4. The first-order valence-corrected chi connectivity index (χ1v) is 9.23. The van der Waals surface area contributed by atoms with Crippen molar-refractivity contribution in [2.24, 2.45) is 11.3 Å². The van der Waals surface area contributed by atoms with E-state index in [1.54, 1.807) is 27.7 Å². The topological polar surface area (TPSA) is 126 Å². The number of amides is 3. The van der Waals surface area contributed by atoms with Gasteiger partial charge in [0.1, 0.15) is 5.92 Å². The molecule has 1 aliphatic heterocycles. The molecule has 8 nitrogen and oxygen atoms in total. The number of hydrogen-bond donors (Lipinski definition) is 2. The second-order valence-electron chi connectivity index (χ2n) is 6.24. The van der Waals surface area contributed by atoms with E-state index in [9.17, 15) is 24.9 Å². The summed E-state index contributed by atoms with van der Waals surface area (Å²) in [6.45, 7) is 7.70. The Kier molecular flexibility index (Phi) is 7.66.